The molecule has 1 amide bonds. The summed E-state index contributed by atoms with van der Waals surface area (Å²) in [5.41, 5.74) is 0.601. The monoisotopic (exact) mass is 218 g/mol. The lowest BCUT2D eigenvalue weighted by atomic mass is 10.2. The van der Waals surface area contributed by atoms with Gasteiger partial charge in [-0.3, -0.25) is 4.79 Å². The number of nitrogens with one attached hydrogen (secondary N) is 1. The Morgan fingerprint density at radius 3 is 2.88 bits per heavy atom. The molecule has 0 unspecified atom stereocenters. The number of nitriles is 1. The Balaban J connectivity index is 2.12. The van der Waals surface area contributed by atoms with Gasteiger partial charge in [0.05, 0.1) is 6.07 Å². The molecule has 1 aromatic rings. The van der Waals surface area contributed by atoms with Gasteiger partial charge in [0.1, 0.15) is 19.6 Å². The van der Waals surface area contributed by atoms with Crippen LogP contribution in [0.4, 0.5) is 5.69 Å². The summed E-state index contributed by atoms with van der Waals surface area (Å²) in [4.78, 5) is 11.2. The summed E-state index contributed by atoms with van der Waals surface area (Å²) < 4.78 is 10.7. The molecule has 1 aromatic carbocycles. The van der Waals surface area contributed by atoms with Crippen molar-refractivity contribution in [2.75, 3.05) is 18.5 Å². The first-order valence-electron chi connectivity index (χ1n) is 4.86. The Hall–Kier alpha value is -2.22. The minimum absolute atomic E-state index is 0.158. The molecule has 1 N–H and O–H groups in total. The predicted octanol–water partition coefficient (Wildman–Crippen LogP) is 1.31. The lowest BCUT2D eigenvalue weighted by Crippen LogP contribution is -2.16. The SMILES string of the molecule is N#CCC(=O)Nc1ccc2c(c1)OCCO2. The molecular weight excluding hydrogens is 208 g/mol. The van der Waals surface area contributed by atoms with Crippen molar-refractivity contribution in [3.63, 3.8) is 0 Å². The molecule has 5 nitrogen and oxygen atoms in total. The van der Waals surface area contributed by atoms with Crippen molar-refractivity contribution < 1.29 is 14.3 Å². The smallest absolute Gasteiger partial charge is 0.238 e. The van der Waals surface area contributed by atoms with Gasteiger partial charge in [-0.2, -0.15) is 5.26 Å². The van der Waals surface area contributed by atoms with Crippen LogP contribution in [0.5, 0.6) is 11.5 Å². The van der Waals surface area contributed by atoms with Crippen LogP contribution in [-0.4, -0.2) is 19.1 Å². The Morgan fingerprint density at radius 2 is 2.12 bits per heavy atom. The summed E-state index contributed by atoms with van der Waals surface area (Å²) in [5, 5.41) is 10.9. The fourth-order valence-electron chi connectivity index (χ4n) is 1.40. The second-order valence-corrected chi connectivity index (χ2v) is 3.24. The molecule has 82 valence electrons. The van der Waals surface area contributed by atoms with E-state index < -0.39 is 0 Å². The molecule has 0 saturated heterocycles. The Morgan fingerprint density at radius 1 is 1.38 bits per heavy atom. The van der Waals surface area contributed by atoms with Gasteiger partial charge in [-0.1, -0.05) is 0 Å². The highest BCUT2D eigenvalue weighted by atomic mass is 16.6. The second kappa shape index (κ2) is 4.53. The van der Waals surface area contributed by atoms with Crippen LogP contribution in [0, 0.1) is 11.3 Å². The maximum atomic E-state index is 11.2. The first kappa shape index (κ1) is 10.3. The fraction of sp³-hybridized carbons (Fsp3) is 0.273. The number of hydrogen-bond acceptors (Lipinski definition) is 4. The summed E-state index contributed by atoms with van der Waals surface area (Å²) in [7, 11) is 0. The van der Waals surface area contributed by atoms with Crippen molar-refractivity contribution in [2.24, 2.45) is 0 Å². The number of benzene rings is 1. The molecule has 2 rings (SSSR count). The van der Waals surface area contributed by atoms with Crippen molar-refractivity contribution in [1.29, 1.82) is 5.26 Å². The van der Waals surface area contributed by atoms with Crippen molar-refractivity contribution in [3.8, 4) is 17.6 Å². The summed E-state index contributed by atoms with van der Waals surface area (Å²) >= 11 is 0. The van der Waals surface area contributed by atoms with Gasteiger partial charge in [0.25, 0.3) is 0 Å². The van der Waals surface area contributed by atoms with Gasteiger partial charge >= 0.3 is 0 Å². The molecule has 16 heavy (non-hydrogen) atoms. The van der Waals surface area contributed by atoms with E-state index in [0.29, 0.717) is 30.4 Å². The van der Waals surface area contributed by atoms with Gasteiger partial charge < -0.3 is 14.8 Å². The normalized spacial score (nSPS) is 12.7. The molecule has 0 aromatic heterocycles. The summed E-state index contributed by atoms with van der Waals surface area (Å²) in [5.74, 6) is 0.949. The Kier molecular flexibility index (Phi) is 2.92. The zero-order chi connectivity index (χ0) is 11.4. The van der Waals surface area contributed by atoms with Gasteiger partial charge in [0.2, 0.25) is 5.91 Å². The fourth-order valence-corrected chi connectivity index (χ4v) is 1.40. The zero-order valence-corrected chi connectivity index (χ0v) is 8.53. The van der Waals surface area contributed by atoms with Crippen LogP contribution in [0.2, 0.25) is 0 Å². The maximum absolute atomic E-state index is 11.2. The van der Waals surface area contributed by atoms with Gasteiger partial charge in [-0.05, 0) is 12.1 Å². The van der Waals surface area contributed by atoms with Crippen LogP contribution >= 0.6 is 0 Å². The topological polar surface area (TPSA) is 71.4 Å². The van der Waals surface area contributed by atoms with Crippen LogP contribution < -0.4 is 14.8 Å². The molecule has 0 aliphatic carbocycles. The minimum Gasteiger partial charge on any atom is -0.486 e. The lowest BCUT2D eigenvalue weighted by Gasteiger charge is -2.18. The van der Waals surface area contributed by atoms with Gasteiger partial charge in [-0.15, -0.1) is 0 Å². The highest BCUT2D eigenvalue weighted by Crippen LogP contribution is 2.32. The number of rotatable bonds is 2. The molecule has 1 heterocycles. The zero-order valence-electron chi connectivity index (χ0n) is 8.53. The standard InChI is InChI=1S/C11H10N2O3/c12-4-3-11(14)13-8-1-2-9-10(7-8)16-6-5-15-9/h1-2,7H,3,5-6H2,(H,13,14). The van der Waals surface area contributed by atoms with E-state index >= 15 is 0 Å². The third-order valence-corrected chi connectivity index (χ3v) is 2.07. The van der Waals surface area contributed by atoms with Crippen molar-refractivity contribution >= 4 is 11.6 Å². The highest BCUT2D eigenvalue weighted by molar-refractivity contribution is 5.92. The van der Waals surface area contributed by atoms with Crippen LogP contribution in [-0.2, 0) is 4.79 Å². The number of carbonyl (C=O) groups is 1. The number of nitrogens with zero attached hydrogens (tertiary/aromatic N) is 1. The predicted molar refractivity (Wildman–Crippen MR) is 56.3 cm³/mol. The van der Waals surface area contributed by atoms with Gasteiger partial charge in [0.15, 0.2) is 11.5 Å². The number of anilines is 1. The van der Waals surface area contributed by atoms with Crippen LogP contribution in [0.15, 0.2) is 18.2 Å². The number of hydrogen-bond donors (Lipinski definition) is 1. The summed E-state index contributed by atoms with van der Waals surface area (Å²) in [6.07, 6.45) is -0.158. The third kappa shape index (κ3) is 2.23. The quantitative estimate of drug-likeness (QED) is 0.812. The Labute approximate surface area is 92.6 Å². The number of fused-ring (bicyclic) bond motifs is 1. The molecule has 1 aliphatic heterocycles. The Bertz CT molecular complexity index is 451. The van der Waals surface area contributed by atoms with E-state index in [-0.39, 0.29) is 12.3 Å². The maximum Gasteiger partial charge on any atom is 0.238 e. The van der Waals surface area contributed by atoms with Gasteiger partial charge in [-0.25, -0.2) is 0 Å². The van der Waals surface area contributed by atoms with Crippen LogP contribution in [0.1, 0.15) is 6.42 Å². The molecule has 0 fully saturated rings. The van der Waals surface area contributed by atoms with E-state index in [9.17, 15) is 4.79 Å². The number of carbonyl (C=O) groups excluding carboxylic acids is 1. The first-order chi connectivity index (χ1) is 7.79. The molecule has 0 saturated carbocycles. The van der Waals surface area contributed by atoms with Crippen LogP contribution in [0.25, 0.3) is 0 Å². The van der Waals surface area contributed by atoms with E-state index in [1.54, 1.807) is 24.3 Å². The number of ether oxygens (including phenoxy) is 2. The van der Waals surface area contributed by atoms with E-state index in [1.807, 2.05) is 0 Å². The summed E-state index contributed by atoms with van der Waals surface area (Å²) in [6.45, 7) is 1.04. The van der Waals surface area contributed by atoms with Gasteiger partial charge in [0, 0.05) is 11.8 Å². The molecule has 0 spiro atoms. The second-order valence-electron chi connectivity index (χ2n) is 3.24. The molecule has 5 heteroatoms. The largest absolute Gasteiger partial charge is 0.486 e. The summed E-state index contributed by atoms with van der Waals surface area (Å²) in [6, 6.07) is 6.91. The minimum atomic E-state index is -0.334. The molecule has 0 atom stereocenters. The van der Waals surface area contributed by atoms with E-state index in [0.717, 1.165) is 0 Å². The van der Waals surface area contributed by atoms with E-state index in [4.69, 9.17) is 14.7 Å². The van der Waals surface area contributed by atoms with Crippen LogP contribution in [0.3, 0.4) is 0 Å². The first-order valence-corrected chi connectivity index (χ1v) is 4.86. The molecule has 0 bridgehead atoms. The molecule has 0 radical (unpaired) electrons. The lowest BCUT2D eigenvalue weighted by molar-refractivity contribution is -0.115. The average Bonchev–Trinajstić information content (AvgIpc) is 2.29. The van der Waals surface area contributed by atoms with E-state index in [2.05, 4.69) is 5.32 Å². The van der Waals surface area contributed by atoms with Crippen molar-refractivity contribution in [3.05, 3.63) is 18.2 Å². The highest BCUT2D eigenvalue weighted by Gasteiger charge is 2.12. The van der Waals surface area contributed by atoms with Crippen molar-refractivity contribution in [1.82, 2.24) is 0 Å². The molecule has 1 aliphatic rings. The van der Waals surface area contributed by atoms with Crippen molar-refractivity contribution in [2.45, 2.75) is 6.42 Å². The van der Waals surface area contributed by atoms with E-state index in [1.165, 1.54) is 0 Å². The molecular formula is C11H10N2O3. The average molecular weight is 218 g/mol. The number of amides is 1. The third-order valence-electron chi connectivity index (χ3n) is 2.07.